The van der Waals surface area contributed by atoms with Crippen molar-refractivity contribution in [2.75, 3.05) is 0 Å². The maximum Gasteiger partial charge on any atom is 0.170 e. The molecule has 2 aromatic carbocycles. The largest absolute Gasteiger partial charge is 0.484 e. The molecular weight excluding hydrogens is 255 g/mol. The summed E-state index contributed by atoms with van der Waals surface area (Å²) >= 11 is 0. The standard InChI is InChI=1S/C17H15FO2/c1-2-11-3-5-12(6-4-11)16-10-15(19)14-8-7-13(18)9-17(14)20-16/h3-9,16H,2,10H2,1H3. The van der Waals surface area contributed by atoms with E-state index in [9.17, 15) is 9.18 Å². The normalized spacial score (nSPS) is 17.5. The average Bonchev–Trinajstić information content (AvgIpc) is 2.46. The summed E-state index contributed by atoms with van der Waals surface area (Å²) < 4.78 is 19.0. The Labute approximate surface area is 117 Å². The number of hydrogen-bond acceptors (Lipinski definition) is 2. The van der Waals surface area contributed by atoms with Gasteiger partial charge >= 0.3 is 0 Å². The molecule has 0 saturated heterocycles. The van der Waals surface area contributed by atoms with Crippen LogP contribution in [0.15, 0.2) is 42.5 Å². The maximum absolute atomic E-state index is 13.3. The highest BCUT2D eigenvalue weighted by Crippen LogP contribution is 2.35. The molecule has 2 aromatic rings. The van der Waals surface area contributed by atoms with E-state index in [0.29, 0.717) is 17.7 Å². The molecule has 1 atom stereocenters. The lowest BCUT2D eigenvalue weighted by atomic mass is 9.95. The number of ketones is 1. The molecule has 0 aliphatic carbocycles. The number of aryl methyl sites for hydroxylation is 1. The number of fused-ring (bicyclic) bond motifs is 1. The van der Waals surface area contributed by atoms with Crippen molar-refractivity contribution in [2.45, 2.75) is 25.9 Å². The van der Waals surface area contributed by atoms with Crippen LogP contribution in [0.3, 0.4) is 0 Å². The van der Waals surface area contributed by atoms with E-state index in [1.807, 2.05) is 24.3 Å². The molecule has 1 unspecified atom stereocenters. The predicted octanol–water partition coefficient (Wildman–Crippen LogP) is 4.09. The van der Waals surface area contributed by atoms with Crippen molar-refractivity contribution in [3.05, 3.63) is 65.0 Å². The van der Waals surface area contributed by atoms with Crippen LogP contribution >= 0.6 is 0 Å². The molecular formula is C17H15FO2. The lowest BCUT2D eigenvalue weighted by molar-refractivity contribution is 0.0849. The van der Waals surface area contributed by atoms with E-state index >= 15 is 0 Å². The lowest BCUT2D eigenvalue weighted by Gasteiger charge is -2.25. The van der Waals surface area contributed by atoms with Gasteiger partial charge in [-0.05, 0) is 29.7 Å². The van der Waals surface area contributed by atoms with Gasteiger partial charge in [0.15, 0.2) is 5.78 Å². The first kappa shape index (κ1) is 12.9. The van der Waals surface area contributed by atoms with Gasteiger partial charge in [0, 0.05) is 6.07 Å². The van der Waals surface area contributed by atoms with E-state index in [1.54, 1.807) is 0 Å². The molecule has 20 heavy (non-hydrogen) atoms. The summed E-state index contributed by atoms with van der Waals surface area (Å²) in [6.07, 6.45) is 0.936. The summed E-state index contributed by atoms with van der Waals surface area (Å²) in [6, 6.07) is 12.1. The lowest BCUT2D eigenvalue weighted by Crippen LogP contribution is -2.20. The van der Waals surface area contributed by atoms with Crippen LogP contribution in [0, 0.1) is 5.82 Å². The van der Waals surface area contributed by atoms with Gasteiger partial charge in [0.05, 0.1) is 12.0 Å². The highest BCUT2D eigenvalue weighted by atomic mass is 19.1. The van der Waals surface area contributed by atoms with Gasteiger partial charge in [-0.1, -0.05) is 31.2 Å². The summed E-state index contributed by atoms with van der Waals surface area (Å²) in [7, 11) is 0. The number of ether oxygens (including phenoxy) is 1. The zero-order chi connectivity index (χ0) is 14.1. The van der Waals surface area contributed by atoms with Crippen LogP contribution in [0.25, 0.3) is 0 Å². The average molecular weight is 270 g/mol. The number of carbonyl (C=O) groups excluding carboxylic acids is 1. The fourth-order valence-corrected chi connectivity index (χ4v) is 2.45. The molecule has 0 saturated carbocycles. The molecule has 0 N–H and O–H groups in total. The minimum Gasteiger partial charge on any atom is -0.484 e. The zero-order valence-electron chi connectivity index (χ0n) is 11.2. The molecule has 2 nitrogen and oxygen atoms in total. The van der Waals surface area contributed by atoms with E-state index in [-0.39, 0.29) is 11.9 Å². The number of halogens is 1. The topological polar surface area (TPSA) is 26.3 Å². The fraction of sp³-hybridized carbons (Fsp3) is 0.235. The molecule has 0 amide bonds. The predicted molar refractivity (Wildman–Crippen MR) is 74.5 cm³/mol. The first-order valence-electron chi connectivity index (χ1n) is 6.75. The molecule has 0 aromatic heterocycles. The Balaban J connectivity index is 1.91. The van der Waals surface area contributed by atoms with Crippen molar-refractivity contribution >= 4 is 5.78 Å². The van der Waals surface area contributed by atoms with E-state index in [0.717, 1.165) is 12.0 Å². The molecule has 102 valence electrons. The maximum atomic E-state index is 13.3. The molecule has 1 aliphatic rings. The van der Waals surface area contributed by atoms with Gasteiger partial charge in [0.1, 0.15) is 17.7 Å². The van der Waals surface area contributed by atoms with Gasteiger partial charge in [-0.25, -0.2) is 4.39 Å². The number of hydrogen-bond donors (Lipinski definition) is 0. The Morgan fingerprint density at radius 1 is 1.20 bits per heavy atom. The second-order valence-corrected chi connectivity index (χ2v) is 4.97. The summed E-state index contributed by atoms with van der Waals surface area (Å²) in [5.41, 5.74) is 2.65. The summed E-state index contributed by atoms with van der Waals surface area (Å²) in [4.78, 5) is 12.1. The molecule has 1 heterocycles. The van der Waals surface area contributed by atoms with E-state index in [1.165, 1.54) is 23.8 Å². The number of carbonyl (C=O) groups is 1. The zero-order valence-corrected chi connectivity index (χ0v) is 11.2. The van der Waals surface area contributed by atoms with Gasteiger partial charge in [-0.3, -0.25) is 4.79 Å². The van der Waals surface area contributed by atoms with Crippen molar-refractivity contribution in [3.8, 4) is 5.75 Å². The molecule has 0 fully saturated rings. The van der Waals surface area contributed by atoms with Crippen LogP contribution in [-0.2, 0) is 6.42 Å². The summed E-state index contributed by atoms with van der Waals surface area (Å²) in [5.74, 6) is -0.0554. The molecule has 0 radical (unpaired) electrons. The van der Waals surface area contributed by atoms with E-state index in [2.05, 4.69) is 6.92 Å². The monoisotopic (exact) mass is 270 g/mol. The van der Waals surface area contributed by atoms with Crippen molar-refractivity contribution in [3.63, 3.8) is 0 Å². The number of Topliss-reactive ketones (excluding diaryl/α,β-unsaturated/α-hetero) is 1. The third kappa shape index (κ3) is 2.31. The Morgan fingerprint density at radius 2 is 1.95 bits per heavy atom. The van der Waals surface area contributed by atoms with Gasteiger partial charge in [-0.2, -0.15) is 0 Å². The highest BCUT2D eigenvalue weighted by molar-refractivity contribution is 5.99. The smallest absolute Gasteiger partial charge is 0.170 e. The van der Waals surface area contributed by atoms with Gasteiger partial charge in [-0.15, -0.1) is 0 Å². The van der Waals surface area contributed by atoms with E-state index in [4.69, 9.17) is 4.74 Å². The van der Waals surface area contributed by atoms with Crippen LogP contribution in [0.5, 0.6) is 5.75 Å². The highest BCUT2D eigenvalue weighted by Gasteiger charge is 2.27. The Bertz CT molecular complexity index is 647. The van der Waals surface area contributed by atoms with Crippen LogP contribution in [0.2, 0.25) is 0 Å². The number of benzene rings is 2. The second-order valence-electron chi connectivity index (χ2n) is 4.97. The minimum atomic E-state index is -0.390. The third-order valence-electron chi connectivity index (χ3n) is 3.64. The molecule has 0 spiro atoms. The second kappa shape index (κ2) is 5.08. The summed E-state index contributed by atoms with van der Waals surface area (Å²) in [5, 5.41) is 0. The van der Waals surface area contributed by atoms with Crippen LogP contribution < -0.4 is 4.74 Å². The van der Waals surface area contributed by atoms with Crippen LogP contribution in [-0.4, -0.2) is 5.78 Å². The van der Waals surface area contributed by atoms with Crippen LogP contribution in [0.4, 0.5) is 4.39 Å². The SMILES string of the molecule is CCc1ccc(C2CC(=O)c3ccc(F)cc3O2)cc1. The van der Waals surface area contributed by atoms with Gasteiger partial charge in [0.25, 0.3) is 0 Å². The fourth-order valence-electron chi connectivity index (χ4n) is 2.45. The molecule has 1 aliphatic heterocycles. The van der Waals surface area contributed by atoms with Crippen molar-refractivity contribution in [1.82, 2.24) is 0 Å². The number of rotatable bonds is 2. The molecule has 3 rings (SSSR count). The quantitative estimate of drug-likeness (QED) is 0.821. The Kier molecular flexibility index (Phi) is 3.26. The Morgan fingerprint density at radius 3 is 2.65 bits per heavy atom. The van der Waals surface area contributed by atoms with Crippen molar-refractivity contribution in [2.24, 2.45) is 0 Å². The van der Waals surface area contributed by atoms with Crippen molar-refractivity contribution < 1.29 is 13.9 Å². The van der Waals surface area contributed by atoms with E-state index < -0.39 is 5.82 Å². The van der Waals surface area contributed by atoms with Crippen molar-refractivity contribution in [1.29, 1.82) is 0 Å². The minimum absolute atomic E-state index is 0.00387. The van der Waals surface area contributed by atoms with Gasteiger partial charge in [0.2, 0.25) is 0 Å². The van der Waals surface area contributed by atoms with Gasteiger partial charge < -0.3 is 4.74 Å². The van der Waals surface area contributed by atoms with Crippen LogP contribution in [0.1, 0.15) is 40.9 Å². The Hall–Kier alpha value is -2.16. The first-order chi connectivity index (χ1) is 9.67. The molecule has 0 bridgehead atoms. The first-order valence-corrected chi connectivity index (χ1v) is 6.75. The summed E-state index contributed by atoms with van der Waals surface area (Å²) in [6.45, 7) is 2.09. The molecule has 3 heteroatoms. The third-order valence-corrected chi connectivity index (χ3v) is 3.64.